The molecule has 0 aliphatic rings. The minimum absolute atomic E-state index is 0.754. The van der Waals surface area contributed by atoms with E-state index in [1.54, 1.807) is 0 Å². The fourth-order valence-corrected chi connectivity index (χ4v) is 3.23. The summed E-state index contributed by atoms with van der Waals surface area (Å²) in [5.74, 6) is 0.972. The van der Waals surface area contributed by atoms with Gasteiger partial charge in [-0.3, -0.25) is 0 Å². The zero-order chi connectivity index (χ0) is 16.8. The van der Waals surface area contributed by atoms with Crippen molar-refractivity contribution in [1.82, 2.24) is 10.3 Å². The van der Waals surface area contributed by atoms with Crippen LogP contribution < -0.4 is 10.1 Å². The van der Waals surface area contributed by atoms with E-state index in [4.69, 9.17) is 4.74 Å². The number of halogens is 1. The predicted molar refractivity (Wildman–Crippen MR) is 104 cm³/mol. The van der Waals surface area contributed by atoms with Crippen molar-refractivity contribution in [2.75, 3.05) is 13.2 Å². The molecule has 0 spiro atoms. The molecule has 0 aliphatic heterocycles. The van der Waals surface area contributed by atoms with Gasteiger partial charge in [-0.15, -0.1) is 0 Å². The highest BCUT2D eigenvalue weighted by atomic mass is 79.9. The Balaban J connectivity index is 1.57. The van der Waals surface area contributed by atoms with Crippen LogP contribution in [0.25, 0.3) is 10.9 Å². The van der Waals surface area contributed by atoms with Gasteiger partial charge >= 0.3 is 0 Å². The minimum atomic E-state index is 0.754. The van der Waals surface area contributed by atoms with E-state index in [9.17, 15) is 0 Å². The SMILES string of the molecule is CCCOc1ccc(Br)cc1CNCCc1c[nH]c2ccccc12. The standard InChI is InChI=1S/C20H23BrN2O/c1-2-11-24-20-8-7-17(21)12-16(20)13-22-10-9-15-14-23-19-6-4-3-5-18(15)19/h3-8,12,14,22-23H,2,9-11,13H2,1H3. The molecule has 24 heavy (non-hydrogen) atoms. The second-order valence-corrected chi connectivity index (χ2v) is 6.80. The third-order valence-electron chi connectivity index (χ3n) is 4.05. The van der Waals surface area contributed by atoms with Crippen molar-refractivity contribution in [3.05, 3.63) is 64.3 Å². The largest absolute Gasteiger partial charge is 0.493 e. The van der Waals surface area contributed by atoms with E-state index in [0.29, 0.717) is 0 Å². The molecule has 0 fully saturated rings. The summed E-state index contributed by atoms with van der Waals surface area (Å²) in [6, 6.07) is 14.6. The maximum absolute atomic E-state index is 5.84. The summed E-state index contributed by atoms with van der Waals surface area (Å²) in [6.45, 7) is 4.62. The Morgan fingerprint density at radius 1 is 1.12 bits per heavy atom. The lowest BCUT2D eigenvalue weighted by Crippen LogP contribution is -2.17. The number of hydrogen-bond acceptors (Lipinski definition) is 2. The fourth-order valence-electron chi connectivity index (χ4n) is 2.82. The molecule has 3 rings (SSSR count). The average Bonchev–Trinajstić information content (AvgIpc) is 3.01. The van der Waals surface area contributed by atoms with Gasteiger partial charge in [-0.05, 0) is 49.2 Å². The van der Waals surface area contributed by atoms with Gasteiger partial charge < -0.3 is 15.0 Å². The van der Waals surface area contributed by atoms with Crippen LogP contribution in [0.2, 0.25) is 0 Å². The highest BCUT2D eigenvalue weighted by Gasteiger charge is 2.06. The van der Waals surface area contributed by atoms with Gasteiger partial charge in [0.1, 0.15) is 5.75 Å². The van der Waals surface area contributed by atoms with E-state index < -0.39 is 0 Å². The Hall–Kier alpha value is -1.78. The third kappa shape index (κ3) is 4.19. The quantitative estimate of drug-likeness (QED) is 0.531. The molecule has 3 nitrogen and oxygen atoms in total. The minimum Gasteiger partial charge on any atom is -0.493 e. The monoisotopic (exact) mass is 386 g/mol. The summed E-state index contributed by atoms with van der Waals surface area (Å²) in [6.07, 6.45) is 4.13. The number of aromatic nitrogens is 1. The molecule has 1 aromatic heterocycles. The molecule has 2 N–H and O–H groups in total. The van der Waals surface area contributed by atoms with Crippen molar-refractivity contribution in [3.8, 4) is 5.75 Å². The molecular weight excluding hydrogens is 364 g/mol. The number of para-hydroxylation sites is 1. The van der Waals surface area contributed by atoms with E-state index in [0.717, 1.165) is 42.8 Å². The second kappa shape index (κ2) is 8.36. The molecule has 0 unspecified atom stereocenters. The molecule has 126 valence electrons. The van der Waals surface area contributed by atoms with Crippen LogP contribution in [0, 0.1) is 0 Å². The lowest BCUT2D eigenvalue weighted by molar-refractivity contribution is 0.313. The van der Waals surface area contributed by atoms with Crippen molar-refractivity contribution in [2.45, 2.75) is 26.3 Å². The number of benzene rings is 2. The van der Waals surface area contributed by atoms with Gasteiger partial charge in [-0.25, -0.2) is 0 Å². The lowest BCUT2D eigenvalue weighted by Gasteiger charge is -2.12. The molecule has 0 saturated carbocycles. The molecule has 0 saturated heterocycles. The van der Waals surface area contributed by atoms with Crippen LogP contribution in [0.5, 0.6) is 5.75 Å². The van der Waals surface area contributed by atoms with Gasteiger partial charge in [-0.1, -0.05) is 41.1 Å². The van der Waals surface area contributed by atoms with Crippen LogP contribution in [-0.2, 0) is 13.0 Å². The molecule has 0 amide bonds. The number of nitrogens with one attached hydrogen (secondary N) is 2. The normalized spacial score (nSPS) is 11.1. The maximum atomic E-state index is 5.84. The van der Waals surface area contributed by atoms with Gasteiger partial charge in [0.05, 0.1) is 6.61 Å². The van der Waals surface area contributed by atoms with Gasteiger partial charge in [0, 0.05) is 33.7 Å². The lowest BCUT2D eigenvalue weighted by atomic mass is 10.1. The molecule has 0 aliphatic carbocycles. The van der Waals surface area contributed by atoms with Gasteiger partial charge in [0.2, 0.25) is 0 Å². The highest BCUT2D eigenvalue weighted by Crippen LogP contribution is 2.23. The summed E-state index contributed by atoms with van der Waals surface area (Å²) >= 11 is 3.54. The van der Waals surface area contributed by atoms with E-state index in [1.807, 2.05) is 12.1 Å². The molecule has 1 heterocycles. The molecule has 0 radical (unpaired) electrons. The first-order chi connectivity index (χ1) is 11.8. The first-order valence-electron chi connectivity index (χ1n) is 8.45. The number of hydrogen-bond donors (Lipinski definition) is 2. The number of aromatic amines is 1. The van der Waals surface area contributed by atoms with Gasteiger partial charge in [0.15, 0.2) is 0 Å². The Labute approximate surface area is 151 Å². The predicted octanol–water partition coefficient (Wildman–Crippen LogP) is 5.05. The van der Waals surface area contributed by atoms with Crippen molar-refractivity contribution in [2.24, 2.45) is 0 Å². The first kappa shape index (κ1) is 17.1. The number of H-pyrrole nitrogens is 1. The Morgan fingerprint density at radius 2 is 2.00 bits per heavy atom. The van der Waals surface area contributed by atoms with Crippen LogP contribution in [0.4, 0.5) is 0 Å². The summed E-state index contributed by atoms with van der Waals surface area (Å²) in [5, 5.41) is 4.85. The van der Waals surface area contributed by atoms with E-state index in [-0.39, 0.29) is 0 Å². The summed E-state index contributed by atoms with van der Waals surface area (Å²) in [4.78, 5) is 3.33. The topological polar surface area (TPSA) is 37.0 Å². The Bertz CT molecular complexity index is 797. The summed E-state index contributed by atoms with van der Waals surface area (Å²) in [5.41, 5.74) is 3.75. The van der Waals surface area contributed by atoms with Gasteiger partial charge in [-0.2, -0.15) is 0 Å². The summed E-state index contributed by atoms with van der Waals surface area (Å²) in [7, 11) is 0. The zero-order valence-electron chi connectivity index (χ0n) is 13.9. The van der Waals surface area contributed by atoms with E-state index in [1.165, 1.54) is 22.0 Å². The first-order valence-corrected chi connectivity index (χ1v) is 9.24. The number of fused-ring (bicyclic) bond motifs is 1. The van der Waals surface area contributed by atoms with Crippen LogP contribution >= 0.6 is 15.9 Å². The van der Waals surface area contributed by atoms with Crippen LogP contribution in [0.15, 0.2) is 53.1 Å². The molecule has 2 aromatic carbocycles. The van der Waals surface area contributed by atoms with E-state index in [2.05, 4.69) is 69.7 Å². The van der Waals surface area contributed by atoms with Gasteiger partial charge in [0.25, 0.3) is 0 Å². The maximum Gasteiger partial charge on any atom is 0.123 e. The highest BCUT2D eigenvalue weighted by molar-refractivity contribution is 9.10. The summed E-state index contributed by atoms with van der Waals surface area (Å²) < 4.78 is 6.92. The fraction of sp³-hybridized carbons (Fsp3) is 0.300. The molecule has 0 bridgehead atoms. The van der Waals surface area contributed by atoms with Crippen molar-refractivity contribution < 1.29 is 4.74 Å². The third-order valence-corrected chi connectivity index (χ3v) is 4.54. The van der Waals surface area contributed by atoms with Crippen LogP contribution in [0.3, 0.4) is 0 Å². The Morgan fingerprint density at radius 3 is 2.88 bits per heavy atom. The van der Waals surface area contributed by atoms with Crippen molar-refractivity contribution >= 4 is 26.8 Å². The van der Waals surface area contributed by atoms with Crippen LogP contribution in [0.1, 0.15) is 24.5 Å². The van der Waals surface area contributed by atoms with E-state index >= 15 is 0 Å². The van der Waals surface area contributed by atoms with Crippen LogP contribution in [-0.4, -0.2) is 18.1 Å². The second-order valence-electron chi connectivity index (χ2n) is 5.89. The number of rotatable bonds is 8. The molecular formula is C20H23BrN2O. The van der Waals surface area contributed by atoms with Crippen molar-refractivity contribution in [1.29, 1.82) is 0 Å². The smallest absolute Gasteiger partial charge is 0.123 e. The molecule has 3 aromatic rings. The molecule has 4 heteroatoms. The van der Waals surface area contributed by atoms with Crippen molar-refractivity contribution in [3.63, 3.8) is 0 Å². The molecule has 0 atom stereocenters. The number of ether oxygens (including phenoxy) is 1. The Kier molecular flexibility index (Phi) is 5.94. The zero-order valence-corrected chi connectivity index (χ0v) is 15.5. The average molecular weight is 387 g/mol.